The lowest BCUT2D eigenvalue weighted by Gasteiger charge is -2.38. The number of anilines is 1. The first kappa shape index (κ1) is 17.0. The summed E-state index contributed by atoms with van der Waals surface area (Å²) in [4.78, 5) is 31.7. The molecule has 0 aliphatic carbocycles. The molecule has 0 fully saturated rings. The molecular weight excluding hydrogens is 396 g/mol. The maximum Gasteiger partial charge on any atom is 0.306 e. The van der Waals surface area contributed by atoms with Crippen LogP contribution >= 0.6 is 15.9 Å². The summed E-state index contributed by atoms with van der Waals surface area (Å²) in [5, 5.41) is 2.94. The minimum Gasteiger partial charge on any atom is -0.469 e. The van der Waals surface area contributed by atoms with Crippen molar-refractivity contribution in [3.8, 4) is 0 Å². The summed E-state index contributed by atoms with van der Waals surface area (Å²) >= 11 is 3.48. The Bertz CT molecular complexity index is 1100. The second-order valence-corrected chi connectivity index (χ2v) is 7.69. The van der Waals surface area contributed by atoms with E-state index in [2.05, 4.69) is 15.9 Å². The molecule has 0 N–H and O–H groups in total. The number of ether oxygens (including phenoxy) is 1. The second kappa shape index (κ2) is 5.77. The number of rotatable bonds is 2. The van der Waals surface area contributed by atoms with Crippen LogP contribution in [-0.4, -0.2) is 31.0 Å². The molecule has 0 spiro atoms. The van der Waals surface area contributed by atoms with Gasteiger partial charge in [-0.3, -0.25) is 14.6 Å². The van der Waals surface area contributed by atoms with E-state index in [9.17, 15) is 9.59 Å². The number of carbonyl (C=O) groups is 2. The van der Waals surface area contributed by atoms with E-state index in [0.29, 0.717) is 5.69 Å². The SMILES string of the molecule is COC(=O)CC1(C)C(=O)N(C)c2cccc3c2c1nc1cc(Br)ccc13. The predicted molar refractivity (Wildman–Crippen MR) is 104 cm³/mol. The quantitative estimate of drug-likeness (QED) is 0.472. The van der Waals surface area contributed by atoms with Crippen molar-refractivity contribution >= 4 is 55.2 Å². The van der Waals surface area contributed by atoms with Gasteiger partial charge in [0.25, 0.3) is 0 Å². The standard InChI is InChI=1S/C20H17BrN2O3/c1-20(10-16(24)26-3)18-17-13(5-4-6-15(17)23(2)19(20)25)12-8-7-11(21)9-14(12)22-18/h4-9H,10H2,1-3H3. The summed E-state index contributed by atoms with van der Waals surface area (Å²) in [6, 6.07) is 11.8. The van der Waals surface area contributed by atoms with E-state index in [1.54, 1.807) is 18.9 Å². The summed E-state index contributed by atoms with van der Waals surface area (Å²) in [5.74, 6) is -0.595. The normalized spacial score (nSPS) is 19.2. The minimum absolute atomic E-state index is 0.0530. The molecule has 6 heteroatoms. The van der Waals surface area contributed by atoms with Crippen LogP contribution in [0.5, 0.6) is 0 Å². The van der Waals surface area contributed by atoms with Crippen LogP contribution in [0.4, 0.5) is 5.69 Å². The highest BCUT2D eigenvalue weighted by atomic mass is 79.9. The maximum absolute atomic E-state index is 13.2. The largest absolute Gasteiger partial charge is 0.469 e. The second-order valence-electron chi connectivity index (χ2n) is 6.77. The smallest absolute Gasteiger partial charge is 0.306 e. The van der Waals surface area contributed by atoms with E-state index >= 15 is 0 Å². The van der Waals surface area contributed by atoms with Gasteiger partial charge in [-0.1, -0.05) is 34.1 Å². The molecule has 1 atom stereocenters. The molecule has 2 aromatic carbocycles. The van der Waals surface area contributed by atoms with Crippen molar-refractivity contribution in [2.75, 3.05) is 19.1 Å². The van der Waals surface area contributed by atoms with Gasteiger partial charge in [0.1, 0.15) is 5.41 Å². The molecule has 1 aliphatic rings. The van der Waals surface area contributed by atoms with Crippen LogP contribution < -0.4 is 4.90 Å². The molecule has 4 rings (SSSR count). The van der Waals surface area contributed by atoms with Crippen LogP contribution in [0.3, 0.4) is 0 Å². The highest BCUT2D eigenvalue weighted by molar-refractivity contribution is 9.10. The number of carbonyl (C=O) groups excluding carboxylic acids is 2. The predicted octanol–water partition coefficient (Wildman–Crippen LogP) is 3.95. The fraction of sp³-hybridized carbons (Fsp3) is 0.250. The fourth-order valence-electron chi connectivity index (χ4n) is 3.79. The van der Waals surface area contributed by atoms with Crippen molar-refractivity contribution < 1.29 is 14.3 Å². The van der Waals surface area contributed by atoms with Gasteiger partial charge in [-0.05, 0) is 30.5 Å². The molecule has 1 aromatic heterocycles. The number of pyridine rings is 1. The summed E-state index contributed by atoms with van der Waals surface area (Å²) in [5.41, 5.74) is 1.14. The summed E-state index contributed by atoms with van der Waals surface area (Å²) in [6.07, 6.45) is -0.0530. The molecule has 0 radical (unpaired) electrons. The van der Waals surface area contributed by atoms with Crippen molar-refractivity contribution in [1.29, 1.82) is 0 Å². The van der Waals surface area contributed by atoms with Gasteiger partial charge >= 0.3 is 5.97 Å². The van der Waals surface area contributed by atoms with Crippen LogP contribution in [0.25, 0.3) is 21.7 Å². The number of methoxy groups -OCH3 is 1. The van der Waals surface area contributed by atoms with Gasteiger partial charge in [0.05, 0.1) is 30.4 Å². The maximum atomic E-state index is 13.2. The first-order valence-corrected chi connectivity index (χ1v) is 9.03. The van der Waals surface area contributed by atoms with Crippen LogP contribution in [0.15, 0.2) is 40.9 Å². The Morgan fingerprint density at radius 3 is 2.77 bits per heavy atom. The van der Waals surface area contributed by atoms with Crippen molar-refractivity contribution in [2.24, 2.45) is 0 Å². The number of hydrogen-bond acceptors (Lipinski definition) is 4. The van der Waals surface area contributed by atoms with Crippen molar-refractivity contribution in [3.05, 3.63) is 46.6 Å². The van der Waals surface area contributed by atoms with Crippen LogP contribution in [-0.2, 0) is 19.7 Å². The van der Waals surface area contributed by atoms with E-state index < -0.39 is 11.4 Å². The molecule has 0 saturated carbocycles. The lowest BCUT2D eigenvalue weighted by atomic mass is 9.76. The number of hydrogen-bond donors (Lipinski definition) is 0. The van der Waals surface area contributed by atoms with E-state index in [-0.39, 0.29) is 12.3 Å². The van der Waals surface area contributed by atoms with Crippen molar-refractivity contribution in [1.82, 2.24) is 4.98 Å². The monoisotopic (exact) mass is 412 g/mol. The van der Waals surface area contributed by atoms with Gasteiger partial charge in [0, 0.05) is 22.3 Å². The molecule has 5 nitrogen and oxygen atoms in total. The van der Waals surface area contributed by atoms with E-state index in [1.165, 1.54) is 7.11 Å². The van der Waals surface area contributed by atoms with E-state index in [4.69, 9.17) is 9.72 Å². The number of amides is 1. The third kappa shape index (κ3) is 2.25. The minimum atomic E-state index is -1.08. The van der Waals surface area contributed by atoms with Gasteiger partial charge in [-0.2, -0.15) is 0 Å². The van der Waals surface area contributed by atoms with Gasteiger partial charge in [0.2, 0.25) is 5.91 Å². The first-order chi connectivity index (χ1) is 12.4. The number of benzene rings is 2. The number of nitrogens with zero attached hydrogens (tertiary/aromatic N) is 2. The summed E-state index contributed by atoms with van der Waals surface area (Å²) in [7, 11) is 3.07. The van der Waals surface area contributed by atoms with Gasteiger partial charge < -0.3 is 9.64 Å². The van der Waals surface area contributed by atoms with Crippen LogP contribution in [0, 0.1) is 0 Å². The highest BCUT2D eigenvalue weighted by Crippen LogP contribution is 2.45. The number of halogens is 1. The average molecular weight is 413 g/mol. The summed E-state index contributed by atoms with van der Waals surface area (Å²) in [6.45, 7) is 1.77. The van der Waals surface area contributed by atoms with Crippen molar-refractivity contribution in [3.63, 3.8) is 0 Å². The first-order valence-electron chi connectivity index (χ1n) is 8.24. The Kier molecular flexibility index (Phi) is 3.77. The molecule has 1 aliphatic heterocycles. The Hall–Kier alpha value is -2.47. The molecule has 1 amide bonds. The third-order valence-electron chi connectivity index (χ3n) is 5.15. The average Bonchev–Trinajstić information content (AvgIpc) is 2.64. The van der Waals surface area contributed by atoms with Crippen LogP contribution in [0.2, 0.25) is 0 Å². The molecule has 2 heterocycles. The number of likely N-dealkylation sites (N-methyl/N-ethyl adjacent to an activating group) is 1. The zero-order valence-corrected chi connectivity index (χ0v) is 16.3. The molecule has 26 heavy (non-hydrogen) atoms. The molecule has 1 unspecified atom stereocenters. The Labute approximate surface area is 159 Å². The Morgan fingerprint density at radius 2 is 2.04 bits per heavy atom. The van der Waals surface area contributed by atoms with Crippen LogP contribution in [0.1, 0.15) is 19.0 Å². The molecule has 0 saturated heterocycles. The topological polar surface area (TPSA) is 59.5 Å². The number of aromatic nitrogens is 1. The van der Waals surface area contributed by atoms with Gasteiger partial charge in [-0.25, -0.2) is 0 Å². The summed E-state index contributed by atoms with van der Waals surface area (Å²) < 4.78 is 5.76. The number of fused-ring (bicyclic) bond motifs is 2. The lowest BCUT2D eigenvalue weighted by molar-refractivity contribution is -0.144. The van der Waals surface area contributed by atoms with E-state index in [0.717, 1.165) is 31.8 Å². The third-order valence-corrected chi connectivity index (χ3v) is 5.64. The molecule has 0 bridgehead atoms. The van der Waals surface area contributed by atoms with E-state index in [1.807, 2.05) is 36.4 Å². The Balaban J connectivity index is 2.15. The Morgan fingerprint density at radius 1 is 1.27 bits per heavy atom. The molecule has 132 valence electrons. The fourth-order valence-corrected chi connectivity index (χ4v) is 4.14. The number of esters is 1. The lowest BCUT2D eigenvalue weighted by Crippen LogP contribution is -2.48. The highest BCUT2D eigenvalue weighted by Gasteiger charge is 2.46. The van der Waals surface area contributed by atoms with Crippen molar-refractivity contribution in [2.45, 2.75) is 18.8 Å². The zero-order chi connectivity index (χ0) is 18.6. The van der Waals surface area contributed by atoms with Gasteiger partial charge in [0.15, 0.2) is 0 Å². The molecule has 3 aromatic rings. The molecular formula is C20H17BrN2O3. The van der Waals surface area contributed by atoms with Gasteiger partial charge in [-0.15, -0.1) is 0 Å². The zero-order valence-electron chi connectivity index (χ0n) is 14.7.